The monoisotopic (exact) mass is 497 g/mol. The fourth-order valence-electron chi connectivity index (χ4n) is 4.25. The zero-order valence-electron chi connectivity index (χ0n) is 20.7. The molecule has 2 saturated heterocycles. The maximum atomic E-state index is 12.8. The third-order valence-electron chi connectivity index (χ3n) is 6.31. The van der Waals surface area contributed by atoms with Crippen LogP contribution in [0.3, 0.4) is 0 Å². The van der Waals surface area contributed by atoms with Crippen molar-refractivity contribution >= 4 is 34.8 Å². The zero-order chi connectivity index (χ0) is 25.7. The van der Waals surface area contributed by atoms with Crippen LogP contribution in [0.2, 0.25) is 0 Å². The van der Waals surface area contributed by atoms with Crippen molar-refractivity contribution in [1.82, 2.24) is 0 Å². The van der Waals surface area contributed by atoms with Gasteiger partial charge < -0.3 is 34.1 Å². The lowest BCUT2D eigenvalue weighted by atomic mass is 10.1. The molecule has 2 aromatic carbocycles. The van der Waals surface area contributed by atoms with E-state index in [-0.39, 0.29) is 18.9 Å². The number of rotatable bonds is 8. The van der Waals surface area contributed by atoms with Gasteiger partial charge in [-0.3, -0.25) is 14.4 Å². The molecule has 0 bridgehead atoms. The van der Waals surface area contributed by atoms with E-state index in [1.165, 1.54) is 18.9 Å². The van der Waals surface area contributed by atoms with E-state index in [0.29, 0.717) is 36.1 Å². The number of carbonyl (C=O) groups is 3. The van der Waals surface area contributed by atoms with E-state index in [9.17, 15) is 14.4 Å². The molecule has 0 spiro atoms. The average Bonchev–Trinajstić information content (AvgIpc) is 3.30. The number of benzene rings is 2. The number of esters is 1. The lowest BCUT2D eigenvalue weighted by molar-refractivity contribution is -0.157. The topological polar surface area (TPSA) is 107 Å². The van der Waals surface area contributed by atoms with Crippen molar-refractivity contribution < 1.29 is 33.3 Å². The van der Waals surface area contributed by atoms with Crippen LogP contribution in [0.4, 0.5) is 17.1 Å². The molecule has 2 aliphatic heterocycles. The molecule has 2 aromatic rings. The van der Waals surface area contributed by atoms with E-state index in [1.54, 1.807) is 25.3 Å². The summed E-state index contributed by atoms with van der Waals surface area (Å²) in [5.41, 5.74) is 2.21. The van der Waals surface area contributed by atoms with E-state index in [1.807, 2.05) is 24.3 Å². The first-order chi connectivity index (χ1) is 17.4. The Bertz CT molecular complexity index is 1100. The zero-order valence-corrected chi connectivity index (χ0v) is 20.7. The lowest BCUT2D eigenvalue weighted by Gasteiger charge is -2.29. The molecular formula is C26H31N3O7. The molecule has 2 atom stereocenters. The lowest BCUT2D eigenvalue weighted by Crippen LogP contribution is -2.36. The number of nitrogens with one attached hydrogen (secondary N) is 1. The van der Waals surface area contributed by atoms with E-state index in [2.05, 4.69) is 10.2 Å². The summed E-state index contributed by atoms with van der Waals surface area (Å²) in [6.45, 7) is 4.68. The molecule has 2 aliphatic rings. The van der Waals surface area contributed by atoms with Gasteiger partial charge >= 0.3 is 5.97 Å². The first-order valence-electron chi connectivity index (χ1n) is 11.9. The van der Waals surface area contributed by atoms with Gasteiger partial charge in [0.25, 0.3) is 5.91 Å². The summed E-state index contributed by atoms with van der Waals surface area (Å²) in [6, 6.07) is 12.6. The smallest absolute Gasteiger partial charge is 0.312 e. The predicted octanol–water partition coefficient (Wildman–Crippen LogP) is 2.46. The molecular weight excluding hydrogens is 466 g/mol. The molecule has 0 saturated carbocycles. The molecule has 10 heteroatoms. The van der Waals surface area contributed by atoms with Crippen molar-refractivity contribution in [2.75, 3.05) is 62.2 Å². The molecule has 1 N–H and O–H groups in total. The predicted molar refractivity (Wildman–Crippen MR) is 134 cm³/mol. The third kappa shape index (κ3) is 5.71. The molecule has 4 rings (SSSR count). The Hall–Kier alpha value is -3.79. The van der Waals surface area contributed by atoms with Crippen molar-refractivity contribution in [1.29, 1.82) is 0 Å². The average molecular weight is 498 g/mol. The summed E-state index contributed by atoms with van der Waals surface area (Å²) >= 11 is 0. The first-order valence-corrected chi connectivity index (χ1v) is 11.9. The number of nitrogens with zero attached hydrogens (tertiary/aromatic N) is 2. The Morgan fingerprint density at radius 2 is 1.78 bits per heavy atom. The van der Waals surface area contributed by atoms with Gasteiger partial charge in [-0.1, -0.05) is 0 Å². The summed E-state index contributed by atoms with van der Waals surface area (Å²) < 4.78 is 21.4. The Kier molecular flexibility index (Phi) is 7.94. The van der Waals surface area contributed by atoms with E-state index in [0.717, 1.165) is 18.8 Å². The van der Waals surface area contributed by atoms with Crippen molar-refractivity contribution in [3.8, 4) is 11.5 Å². The van der Waals surface area contributed by atoms with Crippen molar-refractivity contribution in [2.24, 2.45) is 5.92 Å². The largest absolute Gasteiger partial charge is 0.497 e. The second-order valence-corrected chi connectivity index (χ2v) is 8.66. The number of carbonyl (C=O) groups excluding carboxylic acids is 3. The fourth-order valence-corrected chi connectivity index (χ4v) is 4.25. The Labute approximate surface area is 210 Å². The van der Waals surface area contributed by atoms with Gasteiger partial charge in [0, 0.05) is 43.5 Å². The van der Waals surface area contributed by atoms with E-state index in [4.69, 9.17) is 18.9 Å². The number of amides is 2. The van der Waals surface area contributed by atoms with Crippen molar-refractivity contribution in [2.45, 2.75) is 19.4 Å². The van der Waals surface area contributed by atoms with E-state index >= 15 is 0 Å². The first kappa shape index (κ1) is 25.3. The molecule has 2 heterocycles. The molecule has 36 heavy (non-hydrogen) atoms. The van der Waals surface area contributed by atoms with Gasteiger partial charge in [0.05, 0.1) is 39.0 Å². The van der Waals surface area contributed by atoms with Gasteiger partial charge in [0.1, 0.15) is 11.5 Å². The minimum absolute atomic E-state index is 0.00857. The molecule has 0 radical (unpaired) electrons. The Morgan fingerprint density at radius 1 is 1.06 bits per heavy atom. The maximum Gasteiger partial charge on any atom is 0.312 e. The molecule has 192 valence electrons. The highest BCUT2D eigenvalue weighted by Crippen LogP contribution is 2.36. The Morgan fingerprint density at radius 3 is 2.44 bits per heavy atom. The van der Waals surface area contributed by atoms with Gasteiger partial charge in [-0.2, -0.15) is 0 Å². The van der Waals surface area contributed by atoms with Crippen LogP contribution in [-0.4, -0.2) is 71.0 Å². The van der Waals surface area contributed by atoms with Gasteiger partial charge in [-0.05, 0) is 43.3 Å². The summed E-state index contributed by atoms with van der Waals surface area (Å²) in [5, 5.41) is 2.77. The van der Waals surface area contributed by atoms with Crippen LogP contribution in [0.25, 0.3) is 0 Å². The summed E-state index contributed by atoms with van der Waals surface area (Å²) in [7, 11) is 3.04. The number of morpholine rings is 1. The summed E-state index contributed by atoms with van der Waals surface area (Å²) in [5.74, 6) is -0.896. The molecule has 2 unspecified atom stereocenters. The Balaban J connectivity index is 1.32. The van der Waals surface area contributed by atoms with Gasteiger partial charge in [-0.25, -0.2) is 0 Å². The molecule has 10 nitrogen and oxygen atoms in total. The maximum absolute atomic E-state index is 12.8. The van der Waals surface area contributed by atoms with Gasteiger partial charge in [0.15, 0.2) is 6.10 Å². The van der Waals surface area contributed by atoms with Crippen LogP contribution in [0.15, 0.2) is 42.5 Å². The van der Waals surface area contributed by atoms with E-state index < -0.39 is 23.9 Å². The van der Waals surface area contributed by atoms with Crippen LogP contribution in [0.1, 0.15) is 13.3 Å². The summed E-state index contributed by atoms with van der Waals surface area (Å²) in [4.78, 5) is 41.7. The SMILES string of the molecule is COc1ccc(N2CC(C(=O)OC(C)C(=O)Nc3ccc(N4CCOCC4)cc3)CC2=O)c(OC)c1. The molecule has 0 aromatic heterocycles. The third-order valence-corrected chi connectivity index (χ3v) is 6.31. The van der Waals surface area contributed by atoms with Crippen molar-refractivity contribution in [3.05, 3.63) is 42.5 Å². The van der Waals surface area contributed by atoms with Crippen LogP contribution in [-0.2, 0) is 23.9 Å². The standard InChI is InChI=1S/C26H31N3O7/c1-17(25(31)27-19-4-6-20(7-5-19)28-10-12-35-13-11-28)36-26(32)18-14-24(30)29(16-18)22-9-8-21(33-2)15-23(22)34-3/h4-9,15,17-18H,10-14,16H2,1-3H3,(H,27,31). The number of ether oxygens (including phenoxy) is 4. The van der Waals surface area contributed by atoms with Gasteiger partial charge in [-0.15, -0.1) is 0 Å². The number of hydrogen-bond acceptors (Lipinski definition) is 8. The van der Waals surface area contributed by atoms with Crippen LogP contribution < -0.4 is 24.6 Å². The van der Waals surface area contributed by atoms with Crippen molar-refractivity contribution in [3.63, 3.8) is 0 Å². The molecule has 2 fully saturated rings. The molecule has 2 amide bonds. The van der Waals surface area contributed by atoms with Crippen LogP contribution in [0, 0.1) is 5.92 Å². The minimum Gasteiger partial charge on any atom is -0.497 e. The van der Waals surface area contributed by atoms with Crippen LogP contribution >= 0.6 is 0 Å². The second-order valence-electron chi connectivity index (χ2n) is 8.66. The molecule has 0 aliphatic carbocycles. The normalized spacial score (nSPS) is 18.5. The quantitative estimate of drug-likeness (QED) is 0.555. The fraction of sp³-hybridized carbons (Fsp3) is 0.423. The van der Waals surface area contributed by atoms with Gasteiger partial charge in [0.2, 0.25) is 5.91 Å². The highest BCUT2D eigenvalue weighted by atomic mass is 16.5. The number of methoxy groups -OCH3 is 2. The minimum atomic E-state index is -1.02. The highest BCUT2D eigenvalue weighted by molar-refractivity contribution is 6.01. The number of anilines is 3. The second kappa shape index (κ2) is 11.3. The van der Waals surface area contributed by atoms with Crippen LogP contribution in [0.5, 0.6) is 11.5 Å². The summed E-state index contributed by atoms with van der Waals surface area (Å²) in [6.07, 6.45) is -1.03. The highest BCUT2D eigenvalue weighted by Gasteiger charge is 2.38. The number of hydrogen-bond donors (Lipinski definition) is 1.